The van der Waals surface area contributed by atoms with E-state index in [1.165, 1.54) is 0 Å². The second-order valence-electron chi connectivity index (χ2n) is 6.49. The van der Waals surface area contributed by atoms with E-state index in [1.54, 1.807) is 6.92 Å². The molecule has 0 aliphatic heterocycles. The highest BCUT2D eigenvalue weighted by Crippen LogP contribution is 2.20. The van der Waals surface area contributed by atoms with Crippen LogP contribution in [0.2, 0.25) is 0 Å². The molecule has 0 saturated carbocycles. The Bertz CT molecular complexity index is 718. The summed E-state index contributed by atoms with van der Waals surface area (Å²) in [6.07, 6.45) is 0.283. The summed E-state index contributed by atoms with van der Waals surface area (Å²) in [5, 5.41) is 0. The van der Waals surface area contributed by atoms with Gasteiger partial charge in [-0.1, -0.05) is 60.7 Å². The largest absolute Gasteiger partial charge is 0.466 e. The van der Waals surface area contributed by atoms with Crippen molar-refractivity contribution in [2.24, 2.45) is 0 Å². The molecule has 0 saturated heterocycles. The fraction of sp³-hybridized carbons (Fsp3) is 0.391. The molecule has 0 aliphatic carbocycles. The summed E-state index contributed by atoms with van der Waals surface area (Å²) in [7, 11) is 0. The van der Waals surface area contributed by atoms with Gasteiger partial charge in [-0.15, -0.1) is 0 Å². The molecule has 0 amide bonds. The van der Waals surface area contributed by atoms with Gasteiger partial charge >= 0.3 is 11.9 Å². The second kappa shape index (κ2) is 11.9. The van der Waals surface area contributed by atoms with Crippen molar-refractivity contribution in [2.75, 3.05) is 26.3 Å². The van der Waals surface area contributed by atoms with E-state index in [9.17, 15) is 9.59 Å². The summed E-state index contributed by atoms with van der Waals surface area (Å²) in [6, 6.07) is 19.7. The Morgan fingerprint density at radius 3 is 2.11 bits per heavy atom. The van der Waals surface area contributed by atoms with Crippen LogP contribution < -0.4 is 0 Å². The maximum absolute atomic E-state index is 12.6. The number of esters is 2. The Balaban J connectivity index is 2.17. The molecule has 0 radical (unpaired) electrons. The molecule has 2 aromatic rings. The average molecular weight is 383 g/mol. The quantitative estimate of drug-likeness (QED) is 0.553. The van der Waals surface area contributed by atoms with Crippen LogP contribution in [-0.2, 0) is 25.6 Å². The molecule has 0 aromatic heterocycles. The molecule has 0 spiro atoms. The molecule has 0 fully saturated rings. The highest BCUT2D eigenvalue weighted by atomic mass is 16.5. The first kappa shape index (κ1) is 21.6. The Kier molecular flexibility index (Phi) is 9.22. The van der Waals surface area contributed by atoms with E-state index in [0.29, 0.717) is 32.8 Å². The maximum Gasteiger partial charge on any atom is 0.314 e. The first-order chi connectivity index (χ1) is 13.6. The van der Waals surface area contributed by atoms with Crippen molar-refractivity contribution >= 4 is 11.9 Å². The summed E-state index contributed by atoms with van der Waals surface area (Å²) in [6.45, 7) is 5.93. The highest BCUT2D eigenvalue weighted by molar-refractivity contribution is 5.78. The molecule has 5 nitrogen and oxygen atoms in total. The molecule has 150 valence electrons. The van der Waals surface area contributed by atoms with E-state index < -0.39 is 5.92 Å². The van der Waals surface area contributed by atoms with Gasteiger partial charge in [0.25, 0.3) is 0 Å². The summed E-state index contributed by atoms with van der Waals surface area (Å²) < 4.78 is 10.4. The van der Waals surface area contributed by atoms with Crippen molar-refractivity contribution in [3.8, 4) is 0 Å². The third kappa shape index (κ3) is 7.16. The van der Waals surface area contributed by atoms with E-state index in [4.69, 9.17) is 9.47 Å². The van der Waals surface area contributed by atoms with Gasteiger partial charge in [-0.05, 0) is 25.0 Å². The molecule has 0 heterocycles. The smallest absolute Gasteiger partial charge is 0.314 e. The van der Waals surface area contributed by atoms with Crippen molar-refractivity contribution in [3.63, 3.8) is 0 Å². The lowest BCUT2D eigenvalue weighted by atomic mass is 9.98. The van der Waals surface area contributed by atoms with Crippen molar-refractivity contribution in [1.29, 1.82) is 0 Å². The molecule has 28 heavy (non-hydrogen) atoms. The number of carbonyl (C=O) groups excluding carboxylic acids is 2. The topological polar surface area (TPSA) is 55.8 Å². The molecule has 0 N–H and O–H groups in total. The Labute approximate surface area is 167 Å². The zero-order valence-electron chi connectivity index (χ0n) is 16.7. The van der Waals surface area contributed by atoms with Gasteiger partial charge in [-0.2, -0.15) is 0 Å². The SMILES string of the molecule is CCOC(=O)CCN(Cc1ccccc1)C[C@H](C(=O)OCC)c1ccccc1. The molecular weight excluding hydrogens is 354 g/mol. The van der Waals surface area contributed by atoms with E-state index in [0.717, 1.165) is 11.1 Å². The maximum atomic E-state index is 12.6. The summed E-state index contributed by atoms with van der Waals surface area (Å²) in [4.78, 5) is 26.6. The van der Waals surface area contributed by atoms with Gasteiger partial charge in [0.15, 0.2) is 0 Å². The van der Waals surface area contributed by atoms with Gasteiger partial charge in [0.05, 0.1) is 25.6 Å². The first-order valence-corrected chi connectivity index (χ1v) is 9.77. The molecule has 5 heteroatoms. The minimum Gasteiger partial charge on any atom is -0.466 e. The average Bonchev–Trinajstić information content (AvgIpc) is 2.71. The normalized spacial score (nSPS) is 11.8. The minimum absolute atomic E-state index is 0.229. The van der Waals surface area contributed by atoms with Crippen molar-refractivity contribution in [1.82, 2.24) is 4.90 Å². The lowest BCUT2D eigenvalue weighted by Crippen LogP contribution is -2.34. The van der Waals surface area contributed by atoms with Crippen LogP contribution in [0.25, 0.3) is 0 Å². The lowest BCUT2D eigenvalue weighted by molar-refractivity contribution is -0.145. The number of hydrogen-bond donors (Lipinski definition) is 0. The zero-order valence-corrected chi connectivity index (χ0v) is 16.7. The van der Waals surface area contributed by atoms with E-state index >= 15 is 0 Å². The van der Waals surface area contributed by atoms with E-state index in [-0.39, 0.29) is 18.4 Å². The molecule has 1 atom stereocenters. The van der Waals surface area contributed by atoms with Crippen LogP contribution in [0.5, 0.6) is 0 Å². The second-order valence-corrected chi connectivity index (χ2v) is 6.49. The summed E-state index contributed by atoms with van der Waals surface area (Å²) >= 11 is 0. The molecule has 0 unspecified atom stereocenters. The third-order valence-corrected chi connectivity index (χ3v) is 4.40. The Hall–Kier alpha value is -2.66. The summed E-state index contributed by atoms with van der Waals surface area (Å²) in [5.74, 6) is -0.886. The number of hydrogen-bond acceptors (Lipinski definition) is 5. The predicted octanol–water partition coefficient (Wildman–Crippen LogP) is 3.79. The van der Waals surface area contributed by atoms with Crippen LogP contribution in [0.4, 0.5) is 0 Å². The fourth-order valence-electron chi connectivity index (χ4n) is 3.06. The van der Waals surface area contributed by atoms with E-state index in [1.807, 2.05) is 67.6 Å². The first-order valence-electron chi connectivity index (χ1n) is 9.77. The Morgan fingerprint density at radius 1 is 0.893 bits per heavy atom. The third-order valence-electron chi connectivity index (χ3n) is 4.40. The number of ether oxygens (including phenoxy) is 2. The number of carbonyl (C=O) groups is 2. The van der Waals surface area contributed by atoms with E-state index in [2.05, 4.69) is 4.90 Å². The number of benzene rings is 2. The van der Waals surface area contributed by atoms with Crippen LogP contribution in [0, 0.1) is 0 Å². The molecule has 0 bridgehead atoms. The standard InChI is InChI=1S/C23H29NO4/c1-3-27-22(25)15-16-24(17-19-11-7-5-8-12-19)18-21(23(26)28-4-2)20-13-9-6-10-14-20/h5-14,21H,3-4,15-18H2,1-2H3/t21-/m0/s1. The van der Waals surface area contributed by atoms with Crippen LogP contribution in [0.15, 0.2) is 60.7 Å². The van der Waals surface area contributed by atoms with Gasteiger partial charge in [0, 0.05) is 19.6 Å². The summed E-state index contributed by atoms with van der Waals surface area (Å²) in [5.41, 5.74) is 2.04. The molecule has 2 rings (SSSR count). The minimum atomic E-state index is -0.410. The fourth-order valence-corrected chi connectivity index (χ4v) is 3.06. The lowest BCUT2D eigenvalue weighted by Gasteiger charge is -2.27. The van der Waals surface area contributed by atoms with Gasteiger partial charge in [0.1, 0.15) is 0 Å². The number of nitrogens with zero attached hydrogens (tertiary/aromatic N) is 1. The van der Waals surface area contributed by atoms with Gasteiger partial charge in [-0.3, -0.25) is 14.5 Å². The van der Waals surface area contributed by atoms with Crippen LogP contribution >= 0.6 is 0 Å². The van der Waals surface area contributed by atoms with Gasteiger partial charge in [0.2, 0.25) is 0 Å². The van der Waals surface area contributed by atoms with Crippen molar-refractivity contribution in [2.45, 2.75) is 32.7 Å². The highest BCUT2D eigenvalue weighted by Gasteiger charge is 2.25. The van der Waals surface area contributed by atoms with Crippen LogP contribution in [-0.4, -0.2) is 43.1 Å². The van der Waals surface area contributed by atoms with Crippen LogP contribution in [0.3, 0.4) is 0 Å². The monoisotopic (exact) mass is 383 g/mol. The van der Waals surface area contributed by atoms with Gasteiger partial charge < -0.3 is 9.47 Å². The predicted molar refractivity (Wildman–Crippen MR) is 109 cm³/mol. The Morgan fingerprint density at radius 2 is 1.50 bits per heavy atom. The number of rotatable bonds is 11. The van der Waals surface area contributed by atoms with Crippen molar-refractivity contribution in [3.05, 3.63) is 71.8 Å². The van der Waals surface area contributed by atoms with Crippen LogP contribution in [0.1, 0.15) is 37.3 Å². The molecule has 0 aliphatic rings. The van der Waals surface area contributed by atoms with Crippen molar-refractivity contribution < 1.29 is 19.1 Å². The molecular formula is C23H29NO4. The van der Waals surface area contributed by atoms with Gasteiger partial charge in [-0.25, -0.2) is 0 Å². The molecule has 2 aromatic carbocycles. The zero-order chi connectivity index (χ0) is 20.2.